The van der Waals surface area contributed by atoms with Crippen molar-refractivity contribution in [2.75, 3.05) is 27.2 Å². The van der Waals surface area contributed by atoms with Crippen LogP contribution >= 0.6 is 0 Å². The van der Waals surface area contributed by atoms with Gasteiger partial charge in [0.1, 0.15) is 5.75 Å². The third kappa shape index (κ3) is 2.77. The Morgan fingerprint density at radius 1 is 1.10 bits per heavy atom. The van der Waals surface area contributed by atoms with Crippen LogP contribution in [0.5, 0.6) is 5.75 Å². The fourth-order valence-corrected chi connectivity index (χ4v) is 3.77. The lowest BCUT2D eigenvalue weighted by atomic mass is 10.0. The molecule has 2 aliphatic rings. The largest absolute Gasteiger partial charge is 0.497 e. The van der Waals surface area contributed by atoms with E-state index in [-0.39, 0.29) is 5.91 Å². The van der Waals surface area contributed by atoms with Crippen molar-refractivity contribution in [3.05, 3.63) is 29.8 Å². The first-order chi connectivity index (χ1) is 10.2. The summed E-state index contributed by atoms with van der Waals surface area (Å²) in [7, 11) is 3.83. The SMILES string of the molecule is COc1ccc(C(=O)N2CCC[C@@H]2[C@H]2CCCN2C)cc1. The first kappa shape index (κ1) is 14.4. The molecule has 3 rings (SSSR count). The molecule has 2 fully saturated rings. The Morgan fingerprint density at radius 2 is 1.76 bits per heavy atom. The van der Waals surface area contributed by atoms with Crippen molar-refractivity contribution in [3.8, 4) is 5.75 Å². The van der Waals surface area contributed by atoms with Crippen molar-refractivity contribution in [2.45, 2.75) is 37.8 Å². The number of rotatable bonds is 3. The minimum Gasteiger partial charge on any atom is -0.497 e. The van der Waals surface area contributed by atoms with Crippen molar-refractivity contribution in [3.63, 3.8) is 0 Å². The molecule has 0 spiro atoms. The molecule has 0 aliphatic carbocycles. The second-order valence-electron chi connectivity index (χ2n) is 6.13. The molecule has 2 heterocycles. The topological polar surface area (TPSA) is 32.8 Å². The summed E-state index contributed by atoms with van der Waals surface area (Å²) in [5.74, 6) is 0.959. The average Bonchev–Trinajstić information content (AvgIpc) is 3.14. The first-order valence-electron chi connectivity index (χ1n) is 7.86. The molecule has 2 atom stereocenters. The van der Waals surface area contributed by atoms with Crippen LogP contribution in [-0.4, -0.2) is 55.0 Å². The Morgan fingerprint density at radius 3 is 2.38 bits per heavy atom. The van der Waals surface area contributed by atoms with Crippen LogP contribution < -0.4 is 4.74 Å². The molecule has 0 saturated carbocycles. The maximum absolute atomic E-state index is 12.8. The minimum atomic E-state index is 0.167. The first-order valence-corrected chi connectivity index (χ1v) is 7.86. The Balaban J connectivity index is 1.76. The standard InChI is InChI=1S/C17H24N2O2/c1-18-11-3-5-15(18)16-6-4-12-19(16)17(20)13-7-9-14(21-2)10-8-13/h7-10,15-16H,3-6,11-12H2,1-2H3/t15-,16-/m1/s1. The number of ether oxygens (including phenoxy) is 1. The predicted octanol–water partition coefficient (Wildman–Crippen LogP) is 2.39. The molecule has 0 N–H and O–H groups in total. The van der Waals surface area contributed by atoms with Crippen LogP contribution in [0.3, 0.4) is 0 Å². The molecule has 114 valence electrons. The number of carbonyl (C=O) groups is 1. The summed E-state index contributed by atoms with van der Waals surface area (Å²) >= 11 is 0. The Hall–Kier alpha value is -1.55. The van der Waals surface area contributed by atoms with Gasteiger partial charge in [-0.05, 0) is 63.5 Å². The molecule has 1 aromatic carbocycles. The second-order valence-corrected chi connectivity index (χ2v) is 6.13. The number of nitrogens with zero attached hydrogens (tertiary/aromatic N) is 2. The molecule has 0 radical (unpaired) electrons. The Bertz CT molecular complexity index is 500. The number of likely N-dealkylation sites (tertiary alicyclic amines) is 2. The van der Waals surface area contributed by atoms with Crippen LogP contribution in [0.2, 0.25) is 0 Å². The van der Waals surface area contributed by atoms with Gasteiger partial charge in [-0.15, -0.1) is 0 Å². The van der Waals surface area contributed by atoms with E-state index in [0.717, 1.165) is 37.2 Å². The zero-order valence-electron chi connectivity index (χ0n) is 12.9. The lowest BCUT2D eigenvalue weighted by Crippen LogP contribution is -2.47. The minimum absolute atomic E-state index is 0.167. The molecular formula is C17H24N2O2. The fourth-order valence-electron chi connectivity index (χ4n) is 3.77. The van der Waals surface area contributed by atoms with Gasteiger partial charge in [0.05, 0.1) is 7.11 Å². The molecule has 0 unspecified atom stereocenters. The molecule has 1 aromatic rings. The summed E-state index contributed by atoms with van der Waals surface area (Å²) in [6.07, 6.45) is 4.73. The third-order valence-electron chi connectivity index (χ3n) is 4.92. The molecule has 4 nitrogen and oxygen atoms in total. The number of hydrogen-bond acceptors (Lipinski definition) is 3. The maximum Gasteiger partial charge on any atom is 0.254 e. The van der Waals surface area contributed by atoms with E-state index in [4.69, 9.17) is 4.74 Å². The van der Waals surface area contributed by atoms with Gasteiger partial charge >= 0.3 is 0 Å². The quantitative estimate of drug-likeness (QED) is 0.856. The van der Waals surface area contributed by atoms with Gasteiger partial charge in [-0.3, -0.25) is 4.79 Å². The molecule has 21 heavy (non-hydrogen) atoms. The van der Waals surface area contributed by atoms with Gasteiger partial charge in [-0.25, -0.2) is 0 Å². The fraction of sp³-hybridized carbons (Fsp3) is 0.588. The van der Waals surface area contributed by atoms with Gasteiger partial charge in [0.25, 0.3) is 5.91 Å². The van der Waals surface area contributed by atoms with Crippen molar-refractivity contribution in [1.29, 1.82) is 0 Å². The van der Waals surface area contributed by atoms with E-state index in [0.29, 0.717) is 12.1 Å². The van der Waals surface area contributed by atoms with E-state index in [1.54, 1.807) is 7.11 Å². The molecule has 2 aliphatic heterocycles. The molecular weight excluding hydrogens is 264 g/mol. The lowest BCUT2D eigenvalue weighted by molar-refractivity contribution is 0.0664. The van der Waals surface area contributed by atoms with Gasteiger partial charge < -0.3 is 14.5 Å². The van der Waals surface area contributed by atoms with Gasteiger partial charge in [-0.2, -0.15) is 0 Å². The van der Waals surface area contributed by atoms with E-state index < -0.39 is 0 Å². The van der Waals surface area contributed by atoms with Crippen LogP contribution in [0.4, 0.5) is 0 Å². The van der Waals surface area contributed by atoms with Crippen LogP contribution in [0.15, 0.2) is 24.3 Å². The highest BCUT2D eigenvalue weighted by Crippen LogP contribution is 2.30. The molecule has 1 amide bonds. The normalized spacial score (nSPS) is 26.3. The van der Waals surface area contributed by atoms with E-state index in [2.05, 4.69) is 16.8 Å². The smallest absolute Gasteiger partial charge is 0.254 e. The predicted molar refractivity (Wildman–Crippen MR) is 82.7 cm³/mol. The monoisotopic (exact) mass is 288 g/mol. The number of methoxy groups -OCH3 is 1. The van der Waals surface area contributed by atoms with Gasteiger partial charge in [0, 0.05) is 24.2 Å². The molecule has 0 bridgehead atoms. The van der Waals surface area contributed by atoms with Crippen LogP contribution in [-0.2, 0) is 0 Å². The van der Waals surface area contributed by atoms with Crippen LogP contribution in [0.1, 0.15) is 36.0 Å². The maximum atomic E-state index is 12.8. The number of likely N-dealkylation sites (N-methyl/N-ethyl adjacent to an activating group) is 1. The number of carbonyl (C=O) groups excluding carboxylic acids is 1. The summed E-state index contributed by atoms with van der Waals surface area (Å²) in [5.41, 5.74) is 0.767. The highest BCUT2D eigenvalue weighted by molar-refractivity contribution is 5.94. The van der Waals surface area contributed by atoms with Crippen molar-refractivity contribution in [1.82, 2.24) is 9.80 Å². The Labute approximate surface area is 126 Å². The highest BCUT2D eigenvalue weighted by Gasteiger charge is 2.38. The Kier molecular flexibility index (Phi) is 4.15. The number of amides is 1. The summed E-state index contributed by atoms with van der Waals surface area (Å²) in [6, 6.07) is 8.38. The summed E-state index contributed by atoms with van der Waals surface area (Å²) in [6.45, 7) is 2.05. The summed E-state index contributed by atoms with van der Waals surface area (Å²) in [5, 5.41) is 0. The molecule has 0 aromatic heterocycles. The van der Waals surface area contributed by atoms with Crippen molar-refractivity contribution in [2.24, 2.45) is 0 Å². The van der Waals surface area contributed by atoms with E-state index in [1.165, 1.54) is 12.8 Å². The van der Waals surface area contributed by atoms with Crippen LogP contribution in [0, 0.1) is 0 Å². The van der Waals surface area contributed by atoms with Crippen molar-refractivity contribution < 1.29 is 9.53 Å². The van der Waals surface area contributed by atoms with E-state index >= 15 is 0 Å². The third-order valence-corrected chi connectivity index (χ3v) is 4.92. The molecule has 4 heteroatoms. The van der Waals surface area contributed by atoms with Gasteiger partial charge in [0.15, 0.2) is 0 Å². The van der Waals surface area contributed by atoms with Gasteiger partial charge in [0.2, 0.25) is 0 Å². The van der Waals surface area contributed by atoms with E-state index in [1.807, 2.05) is 24.3 Å². The van der Waals surface area contributed by atoms with Gasteiger partial charge in [-0.1, -0.05) is 0 Å². The van der Waals surface area contributed by atoms with E-state index in [9.17, 15) is 4.79 Å². The number of hydrogen-bond donors (Lipinski definition) is 0. The number of benzene rings is 1. The molecule has 2 saturated heterocycles. The van der Waals surface area contributed by atoms with Crippen LogP contribution in [0.25, 0.3) is 0 Å². The van der Waals surface area contributed by atoms with Crippen molar-refractivity contribution >= 4 is 5.91 Å². The average molecular weight is 288 g/mol. The summed E-state index contributed by atoms with van der Waals surface area (Å²) in [4.78, 5) is 17.3. The zero-order valence-corrected chi connectivity index (χ0v) is 12.9. The highest BCUT2D eigenvalue weighted by atomic mass is 16.5. The lowest BCUT2D eigenvalue weighted by Gasteiger charge is -2.33. The zero-order chi connectivity index (χ0) is 14.8. The summed E-state index contributed by atoms with van der Waals surface area (Å²) < 4.78 is 5.16. The second kappa shape index (κ2) is 6.06.